The highest BCUT2D eigenvalue weighted by Crippen LogP contribution is 2.22. The van der Waals surface area contributed by atoms with E-state index in [0.717, 1.165) is 5.39 Å². The summed E-state index contributed by atoms with van der Waals surface area (Å²) in [7, 11) is 0. The van der Waals surface area contributed by atoms with Crippen LogP contribution in [-0.2, 0) is 0 Å². The zero-order chi connectivity index (χ0) is 11.1. The van der Waals surface area contributed by atoms with Crippen LogP contribution >= 0.6 is 0 Å². The molecule has 3 rings (SSSR count). The summed E-state index contributed by atoms with van der Waals surface area (Å²) in [5.41, 5.74) is 1.11. The molecule has 2 heterocycles. The summed E-state index contributed by atoms with van der Waals surface area (Å²) in [5, 5.41) is 10.0. The van der Waals surface area contributed by atoms with Crippen LogP contribution in [0.2, 0.25) is 0 Å². The minimum Gasteiger partial charge on any atom is -0.422 e. The van der Waals surface area contributed by atoms with Crippen molar-refractivity contribution in [3.05, 3.63) is 46.4 Å². The summed E-state index contributed by atoms with van der Waals surface area (Å²) in [6.45, 7) is 0. The third-order valence-electron chi connectivity index (χ3n) is 2.52. The van der Waals surface area contributed by atoms with Gasteiger partial charge in [0.15, 0.2) is 0 Å². The van der Waals surface area contributed by atoms with Gasteiger partial charge >= 0.3 is 5.63 Å². The maximum absolute atomic E-state index is 11.6. The SMILES string of the molecule is N#Cc1cc2c(=O)oc3ccccc3c2[nH]1. The molecule has 4 heteroatoms. The lowest BCUT2D eigenvalue weighted by Gasteiger charge is -1.96. The molecule has 0 aliphatic heterocycles. The van der Waals surface area contributed by atoms with E-state index in [0.29, 0.717) is 22.2 Å². The van der Waals surface area contributed by atoms with E-state index in [9.17, 15) is 4.79 Å². The molecule has 3 aromatic rings. The van der Waals surface area contributed by atoms with Crippen LogP contribution in [0, 0.1) is 11.3 Å². The Labute approximate surface area is 89.7 Å². The maximum Gasteiger partial charge on any atom is 0.345 e. The molecule has 0 fully saturated rings. The standard InChI is InChI=1S/C12H6N2O2/c13-6-7-5-9-11(14-7)8-3-1-2-4-10(8)16-12(9)15/h1-5,14H. The van der Waals surface area contributed by atoms with E-state index in [-0.39, 0.29) is 0 Å². The first-order chi connectivity index (χ1) is 7.79. The van der Waals surface area contributed by atoms with Crippen molar-refractivity contribution in [3.63, 3.8) is 0 Å². The summed E-state index contributed by atoms with van der Waals surface area (Å²) >= 11 is 0. The van der Waals surface area contributed by atoms with Crippen LogP contribution in [0.3, 0.4) is 0 Å². The Morgan fingerprint density at radius 2 is 2.06 bits per heavy atom. The molecule has 76 valence electrons. The van der Waals surface area contributed by atoms with Gasteiger partial charge in [-0.3, -0.25) is 0 Å². The summed E-state index contributed by atoms with van der Waals surface area (Å²) < 4.78 is 5.15. The van der Waals surface area contributed by atoms with Gasteiger partial charge < -0.3 is 9.40 Å². The average Bonchev–Trinajstić information content (AvgIpc) is 2.74. The van der Waals surface area contributed by atoms with E-state index in [1.807, 2.05) is 18.2 Å². The van der Waals surface area contributed by atoms with Gasteiger partial charge in [0.1, 0.15) is 17.3 Å². The van der Waals surface area contributed by atoms with Crippen LogP contribution in [0.1, 0.15) is 5.69 Å². The molecule has 0 saturated carbocycles. The molecule has 0 unspecified atom stereocenters. The normalized spacial score (nSPS) is 10.7. The molecular formula is C12H6N2O2. The van der Waals surface area contributed by atoms with Crippen molar-refractivity contribution in [1.29, 1.82) is 5.26 Å². The zero-order valence-corrected chi connectivity index (χ0v) is 8.15. The molecular weight excluding hydrogens is 204 g/mol. The molecule has 0 saturated heterocycles. The first-order valence-electron chi connectivity index (χ1n) is 4.74. The Morgan fingerprint density at radius 3 is 2.88 bits per heavy atom. The highest BCUT2D eigenvalue weighted by Gasteiger charge is 2.09. The third-order valence-corrected chi connectivity index (χ3v) is 2.52. The van der Waals surface area contributed by atoms with Crippen molar-refractivity contribution in [3.8, 4) is 6.07 Å². The maximum atomic E-state index is 11.6. The Hall–Kier alpha value is -2.54. The smallest absolute Gasteiger partial charge is 0.345 e. The van der Waals surface area contributed by atoms with Crippen LogP contribution in [0.25, 0.3) is 21.9 Å². The predicted octanol–water partition coefficient (Wildman–Crippen LogP) is 2.15. The molecule has 2 aromatic heterocycles. The fourth-order valence-corrected chi connectivity index (χ4v) is 1.81. The number of rotatable bonds is 0. The molecule has 0 aliphatic carbocycles. The van der Waals surface area contributed by atoms with E-state index < -0.39 is 5.63 Å². The monoisotopic (exact) mass is 210 g/mol. The Balaban J connectivity index is 2.64. The van der Waals surface area contributed by atoms with Crippen LogP contribution in [0.15, 0.2) is 39.5 Å². The molecule has 1 aromatic carbocycles. The number of hydrogen-bond acceptors (Lipinski definition) is 3. The fourth-order valence-electron chi connectivity index (χ4n) is 1.81. The second-order valence-electron chi connectivity index (χ2n) is 3.47. The van der Waals surface area contributed by atoms with Gasteiger partial charge in [-0.2, -0.15) is 5.26 Å². The molecule has 0 bridgehead atoms. The number of fused-ring (bicyclic) bond motifs is 3. The van der Waals surface area contributed by atoms with Gasteiger partial charge in [0.05, 0.1) is 10.9 Å². The lowest BCUT2D eigenvalue weighted by Crippen LogP contribution is -1.97. The number of nitriles is 1. The van der Waals surface area contributed by atoms with E-state index >= 15 is 0 Å². The number of benzene rings is 1. The van der Waals surface area contributed by atoms with Gasteiger partial charge in [-0.1, -0.05) is 12.1 Å². The molecule has 0 spiro atoms. The quantitative estimate of drug-likeness (QED) is 0.578. The summed E-state index contributed by atoms with van der Waals surface area (Å²) in [5.74, 6) is 0. The van der Waals surface area contributed by atoms with Gasteiger partial charge in [0.2, 0.25) is 0 Å². The summed E-state index contributed by atoms with van der Waals surface area (Å²) in [6, 6.07) is 10.7. The molecule has 0 atom stereocenters. The van der Waals surface area contributed by atoms with Crippen LogP contribution in [-0.4, -0.2) is 4.98 Å². The van der Waals surface area contributed by atoms with Crippen molar-refractivity contribution < 1.29 is 4.42 Å². The number of nitrogens with one attached hydrogen (secondary N) is 1. The average molecular weight is 210 g/mol. The van der Waals surface area contributed by atoms with Crippen LogP contribution in [0.5, 0.6) is 0 Å². The largest absolute Gasteiger partial charge is 0.422 e. The Morgan fingerprint density at radius 1 is 1.25 bits per heavy atom. The van der Waals surface area contributed by atoms with Crippen molar-refractivity contribution in [1.82, 2.24) is 4.98 Å². The highest BCUT2D eigenvalue weighted by atomic mass is 16.4. The Kier molecular flexibility index (Phi) is 1.62. The fraction of sp³-hybridized carbons (Fsp3) is 0. The highest BCUT2D eigenvalue weighted by molar-refractivity contribution is 6.02. The van der Waals surface area contributed by atoms with Crippen LogP contribution < -0.4 is 5.63 Å². The minimum absolute atomic E-state index is 0.360. The third kappa shape index (κ3) is 1.06. The summed E-state index contributed by atoms with van der Waals surface area (Å²) in [4.78, 5) is 14.5. The minimum atomic E-state index is -0.425. The number of H-pyrrole nitrogens is 1. The van der Waals surface area contributed by atoms with Gasteiger partial charge in [-0.05, 0) is 18.2 Å². The first-order valence-corrected chi connectivity index (χ1v) is 4.74. The molecule has 1 N–H and O–H groups in total. The lowest BCUT2D eigenvalue weighted by atomic mass is 10.2. The predicted molar refractivity (Wildman–Crippen MR) is 59.1 cm³/mol. The molecule has 4 nitrogen and oxygen atoms in total. The van der Waals surface area contributed by atoms with Gasteiger partial charge in [-0.15, -0.1) is 0 Å². The van der Waals surface area contributed by atoms with E-state index in [1.165, 1.54) is 6.07 Å². The van der Waals surface area contributed by atoms with E-state index in [1.54, 1.807) is 12.1 Å². The van der Waals surface area contributed by atoms with Gasteiger partial charge in [0.25, 0.3) is 0 Å². The molecule has 0 amide bonds. The lowest BCUT2D eigenvalue weighted by molar-refractivity contribution is 0.570. The number of hydrogen-bond donors (Lipinski definition) is 1. The summed E-state index contributed by atoms with van der Waals surface area (Å²) in [6.07, 6.45) is 0. The molecule has 0 aliphatic rings. The number of aromatic nitrogens is 1. The topological polar surface area (TPSA) is 69.8 Å². The van der Waals surface area contributed by atoms with Crippen molar-refractivity contribution in [2.75, 3.05) is 0 Å². The number of nitrogens with zero attached hydrogens (tertiary/aromatic N) is 1. The number of aromatic amines is 1. The van der Waals surface area contributed by atoms with E-state index in [2.05, 4.69) is 4.98 Å². The van der Waals surface area contributed by atoms with Gasteiger partial charge in [-0.25, -0.2) is 4.79 Å². The van der Waals surface area contributed by atoms with Gasteiger partial charge in [0, 0.05) is 5.39 Å². The second kappa shape index (κ2) is 2.97. The van der Waals surface area contributed by atoms with Crippen molar-refractivity contribution >= 4 is 21.9 Å². The zero-order valence-electron chi connectivity index (χ0n) is 8.15. The van der Waals surface area contributed by atoms with E-state index in [4.69, 9.17) is 9.68 Å². The molecule has 0 radical (unpaired) electrons. The van der Waals surface area contributed by atoms with Crippen molar-refractivity contribution in [2.24, 2.45) is 0 Å². The molecule has 16 heavy (non-hydrogen) atoms. The Bertz CT molecular complexity index is 790. The second-order valence-corrected chi connectivity index (χ2v) is 3.47. The van der Waals surface area contributed by atoms with Crippen molar-refractivity contribution in [2.45, 2.75) is 0 Å². The van der Waals surface area contributed by atoms with Crippen LogP contribution in [0.4, 0.5) is 0 Å². The first kappa shape index (κ1) is 8.74. The number of para-hydroxylation sites is 1.